The van der Waals surface area contributed by atoms with Crippen molar-refractivity contribution in [3.63, 3.8) is 0 Å². The molecule has 0 fully saturated rings. The van der Waals surface area contributed by atoms with Crippen LogP contribution in [0.5, 0.6) is 0 Å². The Morgan fingerprint density at radius 1 is 1.35 bits per heavy atom. The molecule has 0 spiro atoms. The molecule has 20 heavy (non-hydrogen) atoms. The van der Waals surface area contributed by atoms with Crippen molar-refractivity contribution in [3.8, 4) is 0 Å². The van der Waals surface area contributed by atoms with Gasteiger partial charge in [-0.3, -0.25) is 9.48 Å². The largest absolute Gasteiger partial charge is 0.373 e. The average molecular weight is 273 g/mol. The van der Waals surface area contributed by atoms with Crippen LogP contribution in [0.15, 0.2) is 24.5 Å². The van der Waals surface area contributed by atoms with Gasteiger partial charge in [0.2, 0.25) is 0 Å². The Morgan fingerprint density at radius 2 is 2.10 bits per heavy atom. The third kappa shape index (κ3) is 3.14. The molecule has 2 rings (SSSR count). The summed E-state index contributed by atoms with van der Waals surface area (Å²) in [5.74, 6) is 0.777. The molecule has 0 aliphatic rings. The Bertz CT molecular complexity index is 618. The van der Waals surface area contributed by atoms with Gasteiger partial charge in [0.1, 0.15) is 5.82 Å². The smallest absolute Gasteiger partial charge is 0.255 e. The van der Waals surface area contributed by atoms with E-state index in [-0.39, 0.29) is 11.8 Å². The molecule has 0 saturated carbocycles. The van der Waals surface area contributed by atoms with Gasteiger partial charge in [-0.25, -0.2) is 4.98 Å². The predicted octanol–water partition coefficient (Wildman–Crippen LogP) is 2.23. The maximum absolute atomic E-state index is 12.3. The molecule has 6 heteroatoms. The predicted molar refractivity (Wildman–Crippen MR) is 79.0 cm³/mol. The van der Waals surface area contributed by atoms with E-state index in [1.807, 2.05) is 19.9 Å². The fourth-order valence-electron chi connectivity index (χ4n) is 1.80. The zero-order valence-corrected chi connectivity index (χ0v) is 12.1. The molecular weight excluding hydrogens is 254 g/mol. The van der Waals surface area contributed by atoms with Crippen LogP contribution in [0.3, 0.4) is 0 Å². The number of nitrogens with one attached hydrogen (secondary N) is 2. The molecule has 2 heterocycles. The molecule has 0 atom stereocenters. The molecular formula is C14H19N5O. The second-order valence-corrected chi connectivity index (χ2v) is 4.93. The Labute approximate surface area is 118 Å². The molecule has 0 aliphatic heterocycles. The van der Waals surface area contributed by atoms with E-state index in [9.17, 15) is 4.79 Å². The molecule has 0 aliphatic carbocycles. The Hall–Kier alpha value is -2.37. The van der Waals surface area contributed by atoms with Gasteiger partial charge >= 0.3 is 0 Å². The van der Waals surface area contributed by atoms with Crippen LogP contribution < -0.4 is 10.6 Å². The van der Waals surface area contributed by atoms with Gasteiger partial charge in [-0.15, -0.1) is 0 Å². The number of hydrogen-bond acceptors (Lipinski definition) is 4. The van der Waals surface area contributed by atoms with Crippen molar-refractivity contribution in [1.82, 2.24) is 14.8 Å². The van der Waals surface area contributed by atoms with E-state index in [1.54, 1.807) is 37.2 Å². The minimum Gasteiger partial charge on any atom is -0.373 e. The van der Waals surface area contributed by atoms with E-state index in [0.717, 1.165) is 5.69 Å². The number of anilines is 2. The normalized spacial score (nSPS) is 10.7. The summed E-state index contributed by atoms with van der Waals surface area (Å²) in [5.41, 5.74) is 2.14. The zero-order chi connectivity index (χ0) is 14.7. The van der Waals surface area contributed by atoms with Gasteiger partial charge in [-0.2, -0.15) is 5.10 Å². The number of hydrogen-bond donors (Lipinski definition) is 2. The highest BCUT2D eigenvalue weighted by Gasteiger charge is 2.12. The first kappa shape index (κ1) is 14.0. The van der Waals surface area contributed by atoms with Gasteiger partial charge in [0.25, 0.3) is 5.91 Å². The number of nitrogens with zero attached hydrogens (tertiary/aromatic N) is 3. The lowest BCUT2D eigenvalue weighted by atomic mass is 10.1. The number of carbonyl (C=O) groups excluding carboxylic acids is 1. The average Bonchev–Trinajstić information content (AvgIpc) is 2.83. The van der Waals surface area contributed by atoms with E-state index >= 15 is 0 Å². The number of pyridine rings is 1. The Morgan fingerprint density at radius 3 is 2.65 bits per heavy atom. The quantitative estimate of drug-likeness (QED) is 0.896. The van der Waals surface area contributed by atoms with Crippen molar-refractivity contribution in [3.05, 3.63) is 35.8 Å². The number of rotatable bonds is 4. The molecule has 0 unspecified atom stereocenters. The molecule has 2 N–H and O–H groups in total. The summed E-state index contributed by atoms with van der Waals surface area (Å²) in [6, 6.07) is 3.55. The fourth-order valence-corrected chi connectivity index (χ4v) is 1.80. The van der Waals surface area contributed by atoms with Crippen molar-refractivity contribution in [2.24, 2.45) is 7.05 Å². The third-order valence-corrected chi connectivity index (χ3v) is 2.92. The first-order valence-corrected chi connectivity index (χ1v) is 6.49. The van der Waals surface area contributed by atoms with Gasteiger partial charge < -0.3 is 10.6 Å². The van der Waals surface area contributed by atoms with Crippen molar-refractivity contribution >= 4 is 17.4 Å². The maximum atomic E-state index is 12.3. The van der Waals surface area contributed by atoms with Crippen molar-refractivity contribution in [1.29, 1.82) is 0 Å². The molecule has 0 radical (unpaired) electrons. The standard InChI is InChI=1S/C14H19N5O/c1-9(2)12-5-10(6-13(15-3)18-12)14(20)17-11-7-16-19(4)8-11/h5-9H,1-4H3,(H,15,18)(H,17,20). The van der Waals surface area contributed by atoms with Crippen LogP contribution in [0, 0.1) is 0 Å². The second-order valence-electron chi connectivity index (χ2n) is 4.93. The van der Waals surface area contributed by atoms with E-state index in [4.69, 9.17) is 0 Å². The summed E-state index contributed by atoms with van der Waals surface area (Å²) < 4.78 is 1.64. The highest BCUT2D eigenvalue weighted by atomic mass is 16.1. The van der Waals surface area contributed by atoms with E-state index < -0.39 is 0 Å². The molecule has 0 aromatic carbocycles. The lowest BCUT2D eigenvalue weighted by molar-refractivity contribution is 0.102. The van der Waals surface area contributed by atoms with Crippen LogP contribution in [0.2, 0.25) is 0 Å². The molecule has 6 nitrogen and oxygen atoms in total. The van der Waals surface area contributed by atoms with Crippen LogP contribution in [0.4, 0.5) is 11.5 Å². The van der Waals surface area contributed by atoms with Gasteiger partial charge in [0.05, 0.1) is 11.9 Å². The lowest BCUT2D eigenvalue weighted by Gasteiger charge is -2.10. The lowest BCUT2D eigenvalue weighted by Crippen LogP contribution is -2.13. The topological polar surface area (TPSA) is 71.8 Å². The highest BCUT2D eigenvalue weighted by molar-refractivity contribution is 6.04. The summed E-state index contributed by atoms with van der Waals surface area (Å²) in [4.78, 5) is 16.7. The fraction of sp³-hybridized carbons (Fsp3) is 0.357. The van der Waals surface area contributed by atoms with Crippen molar-refractivity contribution in [2.75, 3.05) is 17.7 Å². The maximum Gasteiger partial charge on any atom is 0.255 e. The summed E-state index contributed by atoms with van der Waals surface area (Å²) in [7, 11) is 3.59. The van der Waals surface area contributed by atoms with Crippen LogP contribution in [0.1, 0.15) is 35.8 Å². The summed E-state index contributed by atoms with van der Waals surface area (Å²) in [6.07, 6.45) is 3.36. The summed E-state index contributed by atoms with van der Waals surface area (Å²) >= 11 is 0. The van der Waals surface area contributed by atoms with Gasteiger partial charge in [0.15, 0.2) is 0 Å². The first-order valence-electron chi connectivity index (χ1n) is 6.49. The Kier molecular flexibility index (Phi) is 4.02. The molecule has 0 bridgehead atoms. The monoisotopic (exact) mass is 273 g/mol. The summed E-state index contributed by atoms with van der Waals surface area (Å²) in [5, 5.41) is 9.82. The van der Waals surface area contributed by atoms with Gasteiger partial charge in [-0.1, -0.05) is 13.8 Å². The third-order valence-electron chi connectivity index (χ3n) is 2.92. The van der Waals surface area contributed by atoms with Gasteiger partial charge in [-0.05, 0) is 18.1 Å². The van der Waals surface area contributed by atoms with Crippen LogP contribution >= 0.6 is 0 Å². The second kappa shape index (κ2) is 5.73. The summed E-state index contributed by atoms with van der Waals surface area (Å²) in [6.45, 7) is 4.09. The number of carbonyl (C=O) groups is 1. The minimum absolute atomic E-state index is 0.168. The number of aryl methyl sites for hydroxylation is 1. The molecule has 1 amide bonds. The van der Waals surface area contributed by atoms with E-state index in [2.05, 4.69) is 20.7 Å². The molecule has 0 saturated heterocycles. The van der Waals surface area contributed by atoms with Crippen LogP contribution in [-0.4, -0.2) is 27.7 Å². The highest BCUT2D eigenvalue weighted by Crippen LogP contribution is 2.18. The SMILES string of the molecule is CNc1cc(C(=O)Nc2cnn(C)c2)cc(C(C)C)n1. The zero-order valence-electron chi connectivity index (χ0n) is 12.1. The van der Waals surface area contributed by atoms with Crippen LogP contribution in [-0.2, 0) is 7.05 Å². The van der Waals surface area contributed by atoms with Gasteiger partial charge in [0, 0.05) is 31.5 Å². The van der Waals surface area contributed by atoms with Crippen molar-refractivity contribution < 1.29 is 4.79 Å². The minimum atomic E-state index is -0.168. The number of aromatic nitrogens is 3. The first-order chi connectivity index (χ1) is 9.49. The Balaban J connectivity index is 2.26. The van der Waals surface area contributed by atoms with E-state index in [0.29, 0.717) is 17.1 Å². The van der Waals surface area contributed by atoms with Crippen molar-refractivity contribution in [2.45, 2.75) is 19.8 Å². The van der Waals surface area contributed by atoms with Crippen LogP contribution in [0.25, 0.3) is 0 Å². The van der Waals surface area contributed by atoms with E-state index in [1.165, 1.54) is 0 Å². The molecule has 2 aromatic heterocycles. The molecule has 2 aromatic rings. The molecule has 106 valence electrons. The number of amides is 1.